The molecule has 2 aromatic rings. The number of benzene rings is 2. The molecular weight excluding hydrogens is 306 g/mol. The van der Waals surface area contributed by atoms with Crippen molar-refractivity contribution in [3.05, 3.63) is 71.8 Å². The molecule has 5 heteroatoms. The summed E-state index contributed by atoms with van der Waals surface area (Å²) in [6, 6.07) is 18.0. The van der Waals surface area contributed by atoms with Crippen molar-refractivity contribution < 1.29 is 19.4 Å². The van der Waals surface area contributed by atoms with Crippen LogP contribution in [-0.4, -0.2) is 23.1 Å². The van der Waals surface area contributed by atoms with Gasteiger partial charge in [-0.15, -0.1) is 0 Å². The average Bonchev–Trinajstić information content (AvgIpc) is 2.60. The Morgan fingerprint density at radius 3 is 1.92 bits per heavy atom. The highest BCUT2D eigenvalue weighted by Gasteiger charge is 2.23. The fourth-order valence-corrected chi connectivity index (χ4v) is 2.38. The molecule has 0 saturated carbocycles. The van der Waals surface area contributed by atoms with E-state index in [2.05, 4.69) is 0 Å². The summed E-state index contributed by atoms with van der Waals surface area (Å²) in [5.41, 5.74) is 7.55. The van der Waals surface area contributed by atoms with Gasteiger partial charge in [0.25, 0.3) is 0 Å². The Bertz CT molecular complexity index is 618. The number of hydrogen-bond donors (Lipinski definition) is 2. The van der Waals surface area contributed by atoms with Crippen LogP contribution in [0.25, 0.3) is 0 Å². The van der Waals surface area contributed by atoms with E-state index in [0.717, 1.165) is 11.1 Å². The molecule has 0 radical (unpaired) electrons. The van der Waals surface area contributed by atoms with E-state index >= 15 is 0 Å². The van der Waals surface area contributed by atoms with Gasteiger partial charge in [0.05, 0.1) is 0 Å². The predicted octanol–water partition coefficient (Wildman–Crippen LogP) is 2.90. The van der Waals surface area contributed by atoms with Gasteiger partial charge in [0, 0.05) is 6.42 Å². The second kappa shape index (κ2) is 8.84. The molecule has 2 rings (SSSR count). The first-order valence-corrected chi connectivity index (χ1v) is 7.85. The van der Waals surface area contributed by atoms with Crippen LogP contribution in [0.1, 0.15) is 36.5 Å². The lowest BCUT2D eigenvalue weighted by atomic mass is 10.0. The molecule has 0 aromatic heterocycles. The predicted molar refractivity (Wildman–Crippen MR) is 90.3 cm³/mol. The Morgan fingerprint density at radius 2 is 1.46 bits per heavy atom. The summed E-state index contributed by atoms with van der Waals surface area (Å²) in [7, 11) is 0. The van der Waals surface area contributed by atoms with Crippen molar-refractivity contribution in [3.63, 3.8) is 0 Å². The molecule has 0 aliphatic rings. The summed E-state index contributed by atoms with van der Waals surface area (Å²) in [5.74, 6) is -1.43. The van der Waals surface area contributed by atoms with Crippen molar-refractivity contribution >= 4 is 11.9 Å². The molecule has 0 heterocycles. The van der Waals surface area contributed by atoms with E-state index in [9.17, 15) is 9.59 Å². The maximum Gasteiger partial charge on any atom is 0.323 e. The van der Waals surface area contributed by atoms with Crippen LogP contribution in [-0.2, 0) is 14.3 Å². The van der Waals surface area contributed by atoms with E-state index in [1.807, 2.05) is 60.7 Å². The van der Waals surface area contributed by atoms with Gasteiger partial charge >= 0.3 is 11.9 Å². The summed E-state index contributed by atoms with van der Waals surface area (Å²) in [5, 5.41) is 8.65. The molecule has 0 amide bonds. The molecule has 0 fully saturated rings. The van der Waals surface area contributed by atoms with Gasteiger partial charge in [-0.05, 0) is 24.0 Å². The summed E-state index contributed by atoms with van der Waals surface area (Å²) in [6.45, 7) is 0. The van der Waals surface area contributed by atoms with E-state index in [4.69, 9.17) is 15.6 Å². The lowest BCUT2D eigenvalue weighted by molar-refractivity contribution is -0.149. The van der Waals surface area contributed by atoms with E-state index in [-0.39, 0.29) is 12.8 Å². The zero-order valence-corrected chi connectivity index (χ0v) is 13.3. The summed E-state index contributed by atoms with van der Waals surface area (Å²) >= 11 is 0. The Labute approximate surface area is 141 Å². The van der Waals surface area contributed by atoms with Crippen molar-refractivity contribution in [1.29, 1.82) is 0 Å². The van der Waals surface area contributed by atoms with Gasteiger partial charge < -0.3 is 15.6 Å². The first-order valence-electron chi connectivity index (χ1n) is 7.85. The number of ether oxygens (including phenoxy) is 1. The fourth-order valence-electron chi connectivity index (χ4n) is 2.38. The van der Waals surface area contributed by atoms with Gasteiger partial charge in [0.15, 0.2) is 6.10 Å². The molecule has 0 bridgehead atoms. The second-order valence-corrected chi connectivity index (χ2v) is 5.53. The Kier molecular flexibility index (Phi) is 6.51. The monoisotopic (exact) mass is 327 g/mol. The Morgan fingerprint density at radius 1 is 0.958 bits per heavy atom. The van der Waals surface area contributed by atoms with E-state index in [1.165, 1.54) is 0 Å². The molecule has 0 saturated heterocycles. The third-order valence-electron chi connectivity index (χ3n) is 3.65. The molecular formula is C19H21NO4. The number of carboxylic acids is 1. The highest BCUT2D eigenvalue weighted by atomic mass is 16.5. The van der Waals surface area contributed by atoms with Gasteiger partial charge in [-0.2, -0.15) is 0 Å². The van der Waals surface area contributed by atoms with Crippen LogP contribution in [0.4, 0.5) is 0 Å². The number of carbonyl (C=O) groups excluding carboxylic acids is 1. The van der Waals surface area contributed by atoms with E-state index in [1.54, 1.807) is 0 Å². The molecule has 24 heavy (non-hydrogen) atoms. The lowest BCUT2D eigenvalue weighted by Crippen LogP contribution is -2.33. The van der Waals surface area contributed by atoms with Crippen molar-refractivity contribution in [1.82, 2.24) is 0 Å². The minimum Gasteiger partial charge on any atom is -0.481 e. The van der Waals surface area contributed by atoms with Crippen LogP contribution in [0.5, 0.6) is 0 Å². The van der Waals surface area contributed by atoms with E-state index in [0.29, 0.717) is 6.42 Å². The standard InChI is InChI=1S/C19H21NO4/c20-16(12-7-13-17(21)22)19(23)24-18(14-8-3-1-4-9-14)15-10-5-2-6-11-15/h1-6,8-11,16,18H,7,12-13,20H2,(H,21,22)/t16-/m0/s1. The summed E-state index contributed by atoms with van der Waals surface area (Å²) < 4.78 is 5.63. The van der Waals surface area contributed by atoms with Crippen LogP contribution in [0.15, 0.2) is 60.7 Å². The smallest absolute Gasteiger partial charge is 0.323 e. The van der Waals surface area contributed by atoms with Gasteiger partial charge in [0.2, 0.25) is 0 Å². The number of rotatable bonds is 8. The number of nitrogens with two attached hydrogens (primary N) is 1. The highest BCUT2D eigenvalue weighted by Crippen LogP contribution is 2.26. The van der Waals surface area contributed by atoms with Gasteiger partial charge in [0.1, 0.15) is 6.04 Å². The largest absolute Gasteiger partial charge is 0.481 e. The van der Waals surface area contributed by atoms with Gasteiger partial charge in [-0.1, -0.05) is 60.7 Å². The van der Waals surface area contributed by atoms with Crippen molar-refractivity contribution in [2.24, 2.45) is 5.73 Å². The zero-order chi connectivity index (χ0) is 17.4. The second-order valence-electron chi connectivity index (χ2n) is 5.53. The third-order valence-corrected chi connectivity index (χ3v) is 3.65. The van der Waals surface area contributed by atoms with Gasteiger partial charge in [-0.25, -0.2) is 0 Å². The molecule has 5 nitrogen and oxygen atoms in total. The molecule has 126 valence electrons. The summed E-state index contributed by atoms with van der Waals surface area (Å²) in [6.07, 6.45) is 0.0706. The molecule has 2 aromatic carbocycles. The fraction of sp³-hybridized carbons (Fsp3) is 0.263. The maximum absolute atomic E-state index is 12.3. The van der Waals surface area contributed by atoms with Crippen molar-refractivity contribution in [2.45, 2.75) is 31.4 Å². The van der Waals surface area contributed by atoms with Crippen LogP contribution < -0.4 is 5.73 Å². The Balaban J connectivity index is 2.08. The zero-order valence-electron chi connectivity index (χ0n) is 13.3. The summed E-state index contributed by atoms with van der Waals surface area (Å²) in [4.78, 5) is 22.8. The minimum atomic E-state index is -0.901. The van der Waals surface area contributed by atoms with Gasteiger partial charge in [-0.3, -0.25) is 9.59 Å². The highest BCUT2D eigenvalue weighted by molar-refractivity contribution is 5.76. The number of hydrogen-bond acceptors (Lipinski definition) is 4. The first-order chi connectivity index (χ1) is 11.6. The molecule has 3 N–H and O–H groups in total. The molecule has 0 spiro atoms. The SMILES string of the molecule is N[C@@H](CCCC(=O)O)C(=O)OC(c1ccccc1)c1ccccc1. The van der Waals surface area contributed by atoms with Crippen LogP contribution in [0.3, 0.4) is 0 Å². The quantitative estimate of drug-likeness (QED) is 0.728. The van der Waals surface area contributed by atoms with Crippen LogP contribution in [0.2, 0.25) is 0 Å². The average molecular weight is 327 g/mol. The molecule has 0 aliphatic carbocycles. The van der Waals surface area contributed by atoms with Crippen molar-refractivity contribution in [2.75, 3.05) is 0 Å². The topological polar surface area (TPSA) is 89.6 Å². The molecule has 0 aliphatic heterocycles. The first kappa shape index (κ1) is 17.7. The van der Waals surface area contributed by atoms with Crippen LogP contribution >= 0.6 is 0 Å². The maximum atomic E-state index is 12.3. The number of carboxylic acid groups (broad SMARTS) is 1. The third kappa shape index (κ3) is 5.21. The molecule has 0 unspecified atom stereocenters. The number of aliphatic carboxylic acids is 1. The minimum absolute atomic E-state index is 0.0121. The van der Waals surface area contributed by atoms with E-state index < -0.39 is 24.1 Å². The number of carbonyl (C=O) groups is 2. The number of esters is 1. The Hall–Kier alpha value is -2.66. The normalized spacial score (nSPS) is 11.9. The van der Waals surface area contributed by atoms with Crippen molar-refractivity contribution in [3.8, 4) is 0 Å². The van der Waals surface area contributed by atoms with Crippen LogP contribution in [0, 0.1) is 0 Å². The lowest BCUT2D eigenvalue weighted by Gasteiger charge is -2.21. The molecule has 1 atom stereocenters.